The first kappa shape index (κ1) is 21.7. The van der Waals surface area contributed by atoms with Gasteiger partial charge in [0.2, 0.25) is 5.72 Å². The van der Waals surface area contributed by atoms with Crippen molar-refractivity contribution >= 4 is 39.3 Å². The van der Waals surface area contributed by atoms with E-state index in [2.05, 4.69) is 31.2 Å². The Kier molecular flexibility index (Phi) is 6.29. The van der Waals surface area contributed by atoms with Crippen LogP contribution in [0.15, 0.2) is 39.0 Å². The molecular weight excluding hydrogens is 482 g/mol. The largest absolute Gasteiger partial charge is 0.364 e. The maximum absolute atomic E-state index is 13.2. The number of hydrogen-bond acceptors (Lipinski definition) is 6. The van der Waals surface area contributed by atoms with Gasteiger partial charge in [-0.25, -0.2) is 17.6 Å². The fourth-order valence-corrected chi connectivity index (χ4v) is 3.65. The third-order valence-corrected chi connectivity index (χ3v) is 5.67. The topological polar surface area (TPSA) is 83.6 Å². The van der Waals surface area contributed by atoms with Crippen molar-refractivity contribution in [1.29, 1.82) is 0 Å². The standard InChI is InChI=1S/C16H14BrF4N5O2S/c1-25-13(8-2-4-9(17)5-3-8)22-23-15(25)29-7-11(27)26-16(28,14(20)21)6-10(24-26)12(18)19/h2-5,12,14,28H,6-7H2,1H3. The van der Waals surface area contributed by atoms with Crippen LogP contribution in [-0.2, 0) is 11.8 Å². The molecule has 7 nitrogen and oxygen atoms in total. The summed E-state index contributed by atoms with van der Waals surface area (Å²) >= 11 is 4.19. The van der Waals surface area contributed by atoms with Crippen LogP contribution in [0, 0.1) is 0 Å². The molecule has 1 aliphatic heterocycles. The highest BCUT2D eigenvalue weighted by Crippen LogP contribution is 2.34. The number of nitrogens with zero attached hydrogens (tertiary/aromatic N) is 5. The van der Waals surface area contributed by atoms with Gasteiger partial charge in [-0.2, -0.15) is 10.1 Å². The predicted octanol–water partition coefficient (Wildman–Crippen LogP) is 3.14. The van der Waals surface area contributed by atoms with Gasteiger partial charge in [-0.1, -0.05) is 39.8 Å². The number of alkyl halides is 4. The van der Waals surface area contributed by atoms with E-state index in [1.54, 1.807) is 23.7 Å². The second kappa shape index (κ2) is 8.40. The molecule has 3 rings (SSSR count). The van der Waals surface area contributed by atoms with Crippen molar-refractivity contribution in [1.82, 2.24) is 19.8 Å². The van der Waals surface area contributed by atoms with Crippen LogP contribution in [0.5, 0.6) is 0 Å². The SMILES string of the molecule is Cn1c(SCC(=O)N2N=C(C(F)F)CC2(O)C(F)F)nnc1-c1ccc(Br)cc1. The summed E-state index contributed by atoms with van der Waals surface area (Å²) in [5.41, 5.74) is -3.30. The van der Waals surface area contributed by atoms with Crippen molar-refractivity contribution < 1.29 is 27.5 Å². The normalized spacial score (nSPS) is 19.3. The highest BCUT2D eigenvalue weighted by Gasteiger charge is 2.53. The first-order valence-corrected chi connectivity index (χ1v) is 9.88. The van der Waals surface area contributed by atoms with E-state index in [0.29, 0.717) is 11.0 Å². The van der Waals surface area contributed by atoms with E-state index in [9.17, 15) is 27.5 Å². The van der Waals surface area contributed by atoms with Gasteiger partial charge in [0, 0.05) is 23.5 Å². The second-order valence-electron chi connectivity index (χ2n) is 6.11. The van der Waals surface area contributed by atoms with E-state index in [1.807, 2.05) is 12.1 Å². The Morgan fingerprint density at radius 1 is 1.28 bits per heavy atom. The molecule has 0 saturated carbocycles. The molecule has 0 bridgehead atoms. The lowest BCUT2D eigenvalue weighted by Crippen LogP contribution is -2.52. The number of hydrazone groups is 1. The fourth-order valence-electron chi connectivity index (χ4n) is 2.63. The summed E-state index contributed by atoms with van der Waals surface area (Å²) < 4.78 is 54.6. The molecule has 13 heteroatoms. The third kappa shape index (κ3) is 4.31. The highest BCUT2D eigenvalue weighted by molar-refractivity contribution is 9.10. The van der Waals surface area contributed by atoms with Crippen molar-refractivity contribution in [2.75, 3.05) is 5.75 Å². The first-order chi connectivity index (χ1) is 13.6. The number of aromatic nitrogens is 3. The molecule has 1 aliphatic rings. The Balaban J connectivity index is 1.74. The summed E-state index contributed by atoms with van der Waals surface area (Å²) in [6.45, 7) is 0. The van der Waals surface area contributed by atoms with Crippen molar-refractivity contribution in [2.45, 2.75) is 30.2 Å². The van der Waals surface area contributed by atoms with Crippen LogP contribution in [0.2, 0.25) is 0 Å². The summed E-state index contributed by atoms with van der Waals surface area (Å²) in [5, 5.41) is 21.6. The van der Waals surface area contributed by atoms with Crippen LogP contribution in [0.3, 0.4) is 0 Å². The smallest absolute Gasteiger partial charge is 0.287 e. The third-order valence-electron chi connectivity index (χ3n) is 4.14. The highest BCUT2D eigenvalue weighted by atomic mass is 79.9. The Morgan fingerprint density at radius 2 is 1.93 bits per heavy atom. The van der Waals surface area contributed by atoms with Crippen LogP contribution in [0.4, 0.5) is 17.6 Å². The molecule has 0 saturated heterocycles. The molecule has 0 fully saturated rings. The zero-order chi connectivity index (χ0) is 21.3. The summed E-state index contributed by atoms with van der Waals surface area (Å²) in [4.78, 5) is 12.3. The Hall–Kier alpha value is -1.99. The van der Waals surface area contributed by atoms with Gasteiger partial charge < -0.3 is 9.67 Å². The molecule has 1 aromatic heterocycles. The first-order valence-electron chi connectivity index (χ1n) is 8.10. The number of carbonyl (C=O) groups is 1. The van der Waals surface area contributed by atoms with Crippen molar-refractivity contribution in [2.24, 2.45) is 12.1 Å². The summed E-state index contributed by atoms with van der Waals surface area (Å²) in [5.74, 6) is -1.00. The Bertz CT molecular complexity index is 940. The van der Waals surface area contributed by atoms with Crippen molar-refractivity contribution in [3.8, 4) is 11.4 Å². The molecule has 1 aromatic carbocycles. The number of carbonyl (C=O) groups excluding carboxylic acids is 1. The van der Waals surface area contributed by atoms with Gasteiger partial charge in [0.15, 0.2) is 11.0 Å². The van der Waals surface area contributed by atoms with E-state index >= 15 is 0 Å². The number of rotatable bonds is 6. The molecule has 1 atom stereocenters. The van der Waals surface area contributed by atoms with Gasteiger partial charge in [0.25, 0.3) is 18.8 Å². The van der Waals surface area contributed by atoms with Crippen LogP contribution < -0.4 is 0 Å². The molecule has 0 spiro atoms. The minimum Gasteiger partial charge on any atom is -0.364 e. The monoisotopic (exact) mass is 495 g/mol. The average molecular weight is 496 g/mol. The van der Waals surface area contributed by atoms with Gasteiger partial charge in [0.1, 0.15) is 5.71 Å². The molecule has 1 unspecified atom stereocenters. The van der Waals surface area contributed by atoms with Gasteiger partial charge in [-0.3, -0.25) is 4.79 Å². The summed E-state index contributed by atoms with van der Waals surface area (Å²) in [6.07, 6.45) is -7.73. The van der Waals surface area contributed by atoms with Crippen LogP contribution >= 0.6 is 27.7 Å². The molecule has 1 amide bonds. The van der Waals surface area contributed by atoms with Gasteiger partial charge >= 0.3 is 0 Å². The lowest BCUT2D eigenvalue weighted by molar-refractivity contribution is -0.190. The van der Waals surface area contributed by atoms with E-state index in [-0.39, 0.29) is 5.01 Å². The molecule has 0 radical (unpaired) electrons. The predicted molar refractivity (Wildman–Crippen MR) is 101 cm³/mol. The number of thioether (sulfide) groups is 1. The molecule has 1 N–H and O–H groups in total. The molecular formula is C16H14BrF4N5O2S. The minimum absolute atomic E-state index is 0.0398. The fraction of sp³-hybridized carbons (Fsp3) is 0.375. The minimum atomic E-state index is -3.46. The number of benzene rings is 1. The molecule has 2 heterocycles. The molecule has 0 aliphatic carbocycles. The van der Waals surface area contributed by atoms with E-state index in [0.717, 1.165) is 21.8 Å². The maximum Gasteiger partial charge on any atom is 0.287 e. The molecule has 156 valence electrons. The molecule has 2 aromatic rings. The van der Waals surface area contributed by atoms with E-state index in [1.165, 1.54) is 0 Å². The van der Waals surface area contributed by atoms with E-state index in [4.69, 9.17) is 0 Å². The Labute approximate surface area is 174 Å². The summed E-state index contributed by atoms with van der Waals surface area (Å²) in [7, 11) is 1.66. The van der Waals surface area contributed by atoms with Gasteiger partial charge in [0.05, 0.1) is 5.75 Å². The average Bonchev–Trinajstić information content (AvgIpc) is 3.22. The van der Waals surface area contributed by atoms with Gasteiger partial charge in [-0.05, 0) is 12.1 Å². The number of amides is 1. The maximum atomic E-state index is 13.2. The number of hydrogen-bond donors (Lipinski definition) is 1. The van der Waals surface area contributed by atoms with E-state index < -0.39 is 42.4 Å². The molecule has 29 heavy (non-hydrogen) atoms. The van der Waals surface area contributed by atoms with Gasteiger partial charge in [-0.15, -0.1) is 10.2 Å². The van der Waals surface area contributed by atoms with Crippen molar-refractivity contribution in [3.05, 3.63) is 28.7 Å². The quantitative estimate of drug-likeness (QED) is 0.491. The lowest BCUT2D eigenvalue weighted by Gasteiger charge is -2.29. The van der Waals surface area contributed by atoms with Crippen molar-refractivity contribution in [3.63, 3.8) is 0 Å². The second-order valence-corrected chi connectivity index (χ2v) is 7.97. The zero-order valence-electron chi connectivity index (χ0n) is 14.8. The summed E-state index contributed by atoms with van der Waals surface area (Å²) in [6, 6.07) is 7.25. The number of halogens is 5. The lowest BCUT2D eigenvalue weighted by atomic mass is 10.1. The Morgan fingerprint density at radius 3 is 2.52 bits per heavy atom. The number of aliphatic hydroxyl groups is 1. The van der Waals surface area contributed by atoms with Crippen LogP contribution in [0.25, 0.3) is 11.4 Å². The zero-order valence-corrected chi connectivity index (χ0v) is 17.2. The van der Waals surface area contributed by atoms with Crippen LogP contribution in [-0.4, -0.2) is 60.8 Å². The van der Waals surface area contributed by atoms with Crippen LogP contribution in [0.1, 0.15) is 6.42 Å².